The predicted octanol–water partition coefficient (Wildman–Crippen LogP) is 4.35. The summed E-state index contributed by atoms with van der Waals surface area (Å²) in [4.78, 5) is 0. The lowest BCUT2D eigenvalue weighted by molar-refractivity contribution is 0.591. The average molecular weight is 344 g/mol. The Morgan fingerprint density at radius 1 is 1.00 bits per heavy atom. The molecule has 0 N–H and O–H groups in total. The van der Waals surface area contributed by atoms with Crippen molar-refractivity contribution in [1.29, 1.82) is 0 Å². The Labute approximate surface area is 135 Å². The quantitative estimate of drug-likeness (QED) is 0.809. The monoisotopic (exact) mass is 343 g/mol. The van der Waals surface area contributed by atoms with Gasteiger partial charge in [0.15, 0.2) is 0 Å². The normalized spacial score (nSPS) is 11.4. The van der Waals surface area contributed by atoms with Gasteiger partial charge < -0.3 is 0 Å². The molecule has 0 spiro atoms. The summed E-state index contributed by atoms with van der Waals surface area (Å²) in [5.41, 5.74) is 1.26. The number of sulfonamides is 1. The van der Waals surface area contributed by atoms with E-state index in [0.717, 1.165) is 0 Å². The minimum atomic E-state index is -3.48. The molecule has 0 bridgehead atoms. The van der Waals surface area contributed by atoms with Gasteiger partial charge in [-0.2, -0.15) is 0 Å². The molecule has 0 unspecified atom stereocenters. The fourth-order valence-corrected chi connectivity index (χ4v) is 3.97. The third kappa shape index (κ3) is 3.90. The highest BCUT2D eigenvalue weighted by atomic mass is 35.5. The van der Waals surface area contributed by atoms with Crippen molar-refractivity contribution in [3.8, 4) is 0 Å². The Bertz CT molecular complexity index is 718. The molecular formula is C15H15Cl2NO2S. The Morgan fingerprint density at radius 2 is 1.67 bits per heavy atom. The smallest absolute Gasteiger partial charge is 0.239 e. The second kappa shape index (κ2) is 6.69. The molecule has 0 atom stereocenters. The summed E-state index contributed by atoms with van der Waals surface area (Å²) in [6.07, 6.45) is 0. The minimum absolute atomic E-state index is 0.118. The van der Waals surface area contributed by atoms with Crippen LogP contribution in [-0.4, -0.2) is 15.0 Å². The summed E-state index contributed by atoms with van der Waals surface area (Å²) >= 11 is 11.8. The molecule has 0 saturated heterocycles. The van der Waals surface area contributed by atoms with Crippen molar-refractivity contribution < 1.29 is 8.42 Å². The van der Waals surface area contributed by atoms with Gasteiger partial charge in [0.1, 0.15) is 0 Å². The highest BCUT2D eigenvalue weighted by molar-refractivity contribution is 7.92. The van der Waals surface area contributed by atoms with E-state index in [0.29, 0.717) is 27.8 Å². The summed E-state index contributed by atoms with van der Waals surface area (Å²) in [5, 5.41) is 0.764. The molecule has 2 aromatic carbocycles. The Balaban J connectivity index is 2.30. The number of anilines is 1. The first-order valence-corrected chi connectivity index (χ1v) is 8.80. The molecule has 0 aliphatic rings. The van der Waals surface area contributed by atoms with Crippen LogP contribution in [0.25, 0.3) is 0 Å². The Morgan fingerprint density at radius 3 is 2.24 bits per heavy atom. The minimum Gasteiger partial charge on any atom is -0.270 e. The third-order valence-electron chi connectivity index (χ3n) is 3.00. The number of benzene rings is 2. The molecule has 0 fully saturated rings. The van der Waals surface area contributed by atoms with Crippen LogP contribution in [-0.2, 0) is 15.8 Å². The van der Waals surface area contributed by atoms with Crippen molar-refractivity contribution in [2.45, 2.75) is 12.7 Å². The molecule has 2 aromatic rings. The molecule has 6 heteroatoms. The average Bonchev–Trinajstić information content (AvgIpc) is 2.44. The van der Waals surface area contributed by atoms with E-state index in [9.17, 15) is 8.42 Å². The number of hydrogen-bond acceptors (Lipinski definition) is 2. The molecule has 2 rings (SSSR count). The van der Waals surface area contributed by atoms with Gasteiger partial charge in [0.25, 0.3) is 0 Å². The van der Waals surface area contributed by atoms with Crippen LogP contribution in [0.3, 0.4) is 0 Å². The van der Waals surface area contributed by atoms with Gasteiger partial charge in [-0.15, -0.1) is 0 Å². The molecule has 0 amide bonds. The van der Waals surface area contributed by atoms with Gasteiger partial charge in [0, 0.05) is 6.54 Å². The molecule has 0 aromatic heterocycles. The van der Waals surface area contributed by atoms with Gasteiger partial charge in [-0.3, -0.25) is 4.31 Å². The zero-order valence-corrected chi connectivity index (χ0v) is 13.8. The first-order chi connectivity index (χ1) is 9.94. The molecule has 0 saturated carbocycles. The maximum absolute atomic E-state index is 12.6. The molecule has 21 heavy (non-hydrogen) atoms. The largest absolute Gasteiger partial charge is 0.270 e. The lowest BCUT2D eigenvalue weighted by Gasteiger charge is -2.23. The summed E-state index contributed by atoms with van der Waals surface area (Å²) < 4.78 is 26.5. The molecule has 0 aliphatic heterocycles. The van der Waals surface area contributed by atoms with Crippen LogP contribution in [0.2, 0.25) is 10.0 Å². The van der Waals surface area contributed by atoms with E-state index in [2.05, 4.69) is 0 Å². The van der Waals surface area contributed by atoms with Gasteiger partial charge >= 0.3 is 0 Å². The molecule has 0 aliphatic carbocycles. The Kier molecular flexibility index (Phi) is 5.14. The van der Waals surface area contributed by atoms with Crippen LogP contribution in [0.1, 0.15) is 12.5 Å². The zero-order valence-electron chi connectivity index (χ0n) is 11.5. The number of nitrogens with zero attached hydrogens (tertiary/aromatic N) is 1. The fourth-order valence-electron chi connectivity index (χ4n) is 2.05. The highest BCUT2D eigenvalue weighted by Gasteiger charge is 2.21. The van der Waals surface area contributed by atoms with Gasteiger partial charge in [-0.25, -0.2) is 8.42 Å². The number of rotatable bonds is 5. The van der Waals surface area contributed by atoms with Crippen molar-refractivity contribution in [1.82, 2.24) is 0 Å². The van der Waals surface area contributed by atoms with E-state index in [1.54, 1.807) is 37.3 Å². The summed E-state index contributed by atoms with van der Waals surface area (Å²) in [6, 6.07) is 13.9. The maximum Gasteiger partial charge on any atom is 0.239 e. The number of para-hydroxylation sites is 1. The van der Waals surface area contributed by atoms with Crippen molar-refractivity contribution in [2.24, 2.45) is 0 Å². The van der Waals surface area contributed by atoms with E-state index in [1.165, 1.54) is 4.31 Å². The van der Waals surface area contributed by atoms with Gasteiger partial charge in [0.2, 0.25) is 10.0 Å². The third-order valence-corrected chi connectivity index (χ3v) is 5.58. The van der Waals surface area contributed by atoms with Crippen molar-refractivity contribution in [3.05, 3.63) is 64.1 Å². The van der Waals surface area contributed by atoms with Gasteiger partial charge in [-0.1, -0.05) is 47.5 Å². The second-order valence-corrected chi connectivity index (χ2v) is 7.21. The molecular weight excluding hydrogens is 329 g/mol. The summed E-state index contributed by atoms with van der Waals surface area (Å²) in [5.74, 6) is -0.118. The van der Waals surface area contributed by atoms with Gasteiger partial charge in [-0.05, 0) is 36.8 Å². The van der Waals surface area contributed by atoms with Crippen LogP contribution in [0.4, 0.5) is 5.69 Å². The SMILES string of the molecule is CCN(c1ccccc1)S(=O)(=O)Cc1ccc(Cl)c(Cl)c1. The first-order valence-electron chi connectivity index (χ1n) is 6.43. The topological polar surface area (TPSA) is 37.4 Å². The van der Waals surface area contributed by atoms with Crippen LogP contribution >= 0.6 is 23.2 Å². The zero-order chi connectivity index (χ0) is 15.5. The standard InChI is InChI=1S/C15H15Cl2NO2S/c1-2-18(13-6-4-3-5-7-13)21(19,20)11-12-8-9-14(16)15(17)10-12/h3-10H,2,11H2,1H3. The second-order valence-electron chi connectivity index (χ2n) is 4.50. The molecule has 0 heterocycles. The van der Waals surface area contributed by atoms with E-state index in [-0.39, 0.29) is 5.75 Å². The van der Waals surface area contributed by atoms with Gasteiger partial charge in [0.05, 0.1) is 21.5 Å². The lowest BCUT2D eigenvalue weighted by atomic mass is 10.2. The van der Waals surface area contributed by atoms with E-state index in [4.69, 9.17) is 23.2 Å². The molecule has 112 valence electrons. The fraction of sp³-hybridized carbons (Fsp3) is 0.200. The predicted molar refractivity (Wildman–Crippen MR) is 88.5 cm³/mol. The van der Waals surface area contributed by atoms with E-state index < -0.39 is 10.0 Å². The first kappa shape index (κ1) is 16.1. The Hall–Kier alpha value is -1.23. The summed E-state index contributed by atoms with van der Waals surface area (Å²) in [6.45, 7) is 2.17. The van der Waals surface area contributed by atoms with E-state index >= 15 is 0 Å². The van der Waals surface area contributed by atoms with Crippen molar-refractivity contribution in [2.75, 3.05) is 10.8 Å². The molecule has 3 nitrogen and oxygen atoms in total. The number of hydrogen-bond donors (Lipinski definition) is 0. The van der Waals surface area contributed by atoms with Crippen molar-refractivity contribution in [3.63, 3.8) is 0 Å². The summed E-state index contributed by atoms with van der Waals surface area (Å²) in [7, 11) is -3.48. The molecule has 0 radical (unpaired) electrons. The van der Waals surface area contributed by atoms with Crippen LogP contribution < -0.4 is 4.31 Å². The van der Waals surface area contributed by atoms with E-state index in [1.807, 2.05) is 18.2 Å². The maximum atomic E-state index is 12.6. The van der Waals surface area contributed by atoms with Crippen LogP contribution in [0, 0.1) is 0 Å². The van der Waals surface area contributed by atoms with Crippen molar-refractivity contribution >= 4 is 38.9 Å². The van der Waals surface area contributed by atoms with Crippen LogP contribution in [0.15, 0.2) is 48.5 Å². The lowest BCUT2D eigenvalue weighted by Crippen LogP contribution is -2.31. The van der Waals surface area contributed by atoms with Crippen LogP contribution in [0.5, 0.6) is 0 Å². The number of halogens is 2. The highest BCUT2D eigenvalue weighted by Crippen LogP contribution is 2.25.